The van der Waals surface area contributed by atoms with E-state index in [1.807, 2.05) is 0 Å². The van der Waals surface area contributed by atoms with Crippen LogP contribution >= 0.6 is 23.2 Å². The number of azo groups is 1. The van der Waals surface area contributed by atoms with Crippen LogP contribution in [0.25, 0.3) is 0 Å². The summed E-state index contributed by atoms with van der Waals surface area (Å²) in [5.74, 6) is -0.127. The lowest BCUT2D eigenvalue weighted by molar-refractivity contribution is -0.126. The molecule has 0 radical (unpaired) electrons. The number of benzene rings is 2. The van der Waals surface area contributed by atoms with E-state index in [4.69, 9.17) is 42.1 Å². The van der Waals surface area contributed by atoms with Gasteiger partial charge in [0.15, 0.2) is 23.0 Å². The number of carbonyl (C=O) groups is 2. The monoisotopic (exact) mass is 469 g/mol. The summed E-state index contributed by atoms with van der Waals surface area (Å²) in [5.41, 5.74) is 0.394. The minimum absolute atomic E-state index is 0.148. The third kappa shape index (κ3) is 5.56. The van der Waals surface area contributed by atoms with E-state index in [0.29, 0.717) is 10.8 Å². The fourth-order valence-electron chi connectivity index (χ4n) is 2.59. The quantitative estimate of drug-likeness (QED) is 0.420. The highest BCUT2D eigenvalue weighted by atomic mass is 35.5. The van der Waals surface area contributed by atoms with Crippen molar-refractivity contribution in [2.45, 2.75) is 13.0 Å². The highest BCUT2D eigenvalue weighted by Crippen LogP contribution is 2.41. The van der Waals surface area contributed by atoms with Crippen molar-refractivity contribution >= 4 is 46.3 Å². The van der Waals surface area contributed by atoms with Crippen LogP contribution in [0.2, 0.25) is 10.0 Å². The molecule has 0 saturated heterocycles. The van der Waals surface area contributed by atoms with Crippen LogP contribution in [0.1, 0.15) is 6.92 Å². The largest absolute Gasteiger partial charge is 0.497 e. The van der Waals surface area contributed by atoms with Gasteiger partial charge in [0.25, 0.3) is 5.91 Å². The second kappa shape index (κ2) is 10.8. The topological polar surface area (TPSA) is 108 Å². The molecule has 1 unspecified atom stereocenters. The van der Waals surface area contributed by atoms with Gasteiger partial charge >= 0.3 is 0 Å². The molecule has 0 fully saturated rings. The lowest BCUT2D eigenvalue weighted by Gasteiger charge is -2.16. The SMILES string of the molecule is COc1cc(Cl)c(N=NC(C(C)=O)C(=O)Nc2ccc(Cl)c(OC)c2OC)c(OC)c1. The summed E-state index contributed by atoms with van der Waals surface area (Å²) in [7, 11) is 5.69. The highest BCUT2D eigenvalue weighted by molar-refractivity contribution is 6.33. The molecule has 9 nitrogen and oxygen atoms in total. The van der Waals surface area contributed by atoms with Crippen molar-refractivity contribution in [2.75, 3.05) is 33.8 Å². The van der Waals surface area contributed by atoms with Crippen molar-refractivity contribution in [1.82, 2.24) is 0 Å². The molecular formula is C20H21Cl2N3O6. The van der Waals surface area contributed by atoms with Crippen molar-refractivity contribution in [3.05, 3.63) is 34.3 Å². The first kappa shape index (κ1) is 24.2. The molecule has 1 N–H and O–H groups in total. The minimum Gasteiger partial charge on any atom is -0.497 e. The minimum atomic E-state index is -1.45. The van der Waals surface area contributed by atoms with Crippen molar-refractivity contribution in [2.24, 2.45) is 10.2 Å². The maximum Gasteiger partial charge on any atom is 0.258 e. The zero-order valence-electron chi connectivity index (χ0n) is 17.5. The van der Waals surface area contributed by atoms with Gasteiger partial charge in [-0.1, -0.05) is 23.2 Å². The molecule has 0 bridgehead atoms. The summed E-state index contributed by atoms with van der Waals surface area (Å²) in [6, 6.07) is 4.64. The number of methoxy groups -OCH3 is 4. The van der Waals surface area contributed by atoms with Crippen molar-refractivity contribution < 1.29 is 28.5 Å². The first-order chi connectivity index (χ1) is 14.8. The van der Waals surface area contributed by atoms with Crippen LogP contribution in [0.5, 0.6) is 23.0 Å². The van der Waals surface area contributed by atoms with Crippen LogP contribution in [0, 0.1) is 0 Å². The number of nitrogens with one attached hydrogen (secondary N) is 1. The van der Waals surface area contributed by atoms with Gasteiger partial charge in [0, 0.05) is 12.1 Å². The predicted octanol–water partition coefficient (Wildman–Crippen LogP) is 4.71. The van der Waals surface area contributed by atoms with Gasteiger partial charge in [-0.25, -0.2) is 0 Å². The molecule has 0 aromatic heterocycles. The molecule has 0 saturated carbocycles. The third-order valence-corrected chi connectivity index (χ3v) is 4.68. The average Bonchev–Trinajstić information content (AvgIpc) is 2.74. The number of hydrogen-bond acceptors (Lipinski definition) is 8. The molecule has 2 rings (SSSR count). The highest BCUT2D eigenvalue weighted by Gasteiger charge is 2.26. The van der Waals surface area contributed by atoms with Gasteiger partial charge in [-0.2, -0.15) is 5.11 Å². The number of carbonyl (C=O) groups excluding carboxylic acids is 2. The molecule has 2 aromatic rings. The second-order valence-corrected chi connectivity index (χ2v) is 6.85. The number of ketones is 1. The Labute approximate surface area is 189 Å². The maximum absolute atomic E-state index is 12.8. The average molecular weight is 470 g/mol. The Bertz CT molecular complexity index is 1010. The second-order valence-electron chi connectivity index (χ2n) is 6.04. The summed E-state index contributed by atoms with van der Waals surface area (Å²) in [4.78, 5) is 24.9. The van der Waals surface area contributed by atoms with Crippen LogP contribution in [0.15, 0.2) is 34.5 Å². The molecule has 31 heavy (non-hydrogen) atoms. The van der Waals surface area contributed by atoms with Gasteiger partial charge in [0.2, 0.25) is 6.04 Å². The number of anilines is 1. The fraction of sp³-hybridized carbons (Fsp3) is 0.300. The number of rotatable bonds is 9. The molecule has 2 aromatic carbocycles. The Morgan fingerprint density at radius 3 is 2.16 bits per heavy atom. The zero-order chi connectivity index (χ0) is 23.1. The number of halogens is 2. The summed E-state index contributed by atoms with van der Waals surface area (Å²) >= 11 is 12.3. The van der Waals surface area contributed by atoms with Gasteiger partial charge in [0.1, 0.15) is 11.4 Å². The van der Waals surface area contributed by atoms with Crippen molar-refractivity contribution in [3.63, 3.8) is 0 Å². The van der Waals surface area contributed by atoms with E-state index >= 15 is 0 Å². The lowest BCUT2D eigenvalue weighted by Crippen LogP contribution is -2.32. The Morgan fingerprint density at radius 2 is 1.61 bits per heavy atom. The van der Waals surface area contributed by atoms with Crippen LogP contribution < -0.4 is 24.3 Å². The van der Waals surface area contributed by atoms with E-state index in [1.165, 1.54) is 53.6 Å². The predicted molar refractivity (Wildman–Crippen MR) is 117 cm³/mol. The van der Waals surface area contributed by atoms with Gasteiger partial charge in [-0.15, -0.1) is 5.11 Å². The van der Waals surface area contributed by atoms with Crippen LogP contribution in [-0.2, 0) is 9.59 Å². The fourth-order valence-corrected chi connectivity index (χ4v) is 3.05. The number of hydrogen-bond donors (Lipinski definition) is 1. The van der Waals surface area contributed by atoms with Gasteiger partial charge in [-0.3, -0.25) is 9.59 Å². The Kier molecular flexibility index (Phi) is 8.47. The van der Waals surface area contributed by atoms with Gasteiger partial charge < -0.3 is 24.3 Å². The molecule has 0 aliphatic rings. The number of ether oxygens (including phenoxy) is 4. The summed E-state index contributed by atoms with van der Waals surface area (Å²) < 4.78 is 20.8. The summed E-state index contributed by atoms with van der Waals surface area (Å²) in [5, 5.41) is 10.9. The van der Waals surface area contributed by atoms with Crippen LogP contribution in [0.3, 0.4) is 0 Å². The normalized spacial score (nSPS) is 11.7. The van der Waals surface area contributed by atoms with Gasteiger partial charge in [0.05, 0.1) is 44.2 Å². The van der Waals surface area contributed by atoms with Crippen LogP contribution in [0.4, 0.5) is 11.4 Å². The number of amides is 1. The summed E-state index contributed by atoms with van der Waals surface area (Å²) in [6.07, 6.45) is 0. The zero-order valence-corrected chi connectivity index (χ0v) is 19.0. The molecule has 0 aliphatic carbocycles. The van der Waals surface area contributed by atoms with E-state index in [9.17, 15) is 9.59 Å². The van der Waals surface area contributed by atoms with Gasteiger partial charge in [-0.05, 0) is 19.1 Å². The van der Waals surface area contributed by atoms with Crippen LogP contribution in [-0.4, -0.2) is 46.2 Å². The summed E-state index contributed by atoms with van der Waals surface area (Å²) in [6.45, 7) is 1.22. The first-order valence-corrected chi connectivity index (χ1v) is 9.57. The Morgan fingerprint density at radius 1 is 0.935 bits per heavy atom. The number of nitrogens with zero attached hydrogens (tertiary/aromatic N) is 2. The molecule has 0 aliphatic heterocycles. The number of Topliss-reactive ketones (excluding diaryl/α,β-unsaturated/α-hetero) is 1. The van der Waals surface area contributed by atoms with Crippen molar-refractivity contribution in [3.8, 4) is 23.0 Å². The van der Waals surface area contributed by atoms with Crippen molar-refractivity contribution in [1.29, 1.82) is 0 Å². The van der Waals surface area contributed by atoms with E-state index in [-0.39, 0.29) is 33.6 Å². The van der Waals surface area contributed by atoms with E-state index < -0.39 is 17.7 Å². The van der Waals surface area contributed by atoms with E-state index in [2.05, 4.69) is 15.5 Å². The smallest absolute Gasteiger partial charge is 0.258 e. The molecule has 11 heteroatoms. The lowest BCUT2D eigenvalue weighted by atomic mass is 10.2. The Hall–Kier alpha value is -3.04. The standard InChI is InChI=1S/C20H21Cl2N3O6/c1-10(26)16(24-25-17-13(22)8-11(28-2)9-15(17)29-3)20(27)23-14-7-6-12(21)18(30-4)19(14)31-5/h6-9,16H,1-5H3,(H,23,27). The van der Waals surface area contributed by atoms with E-state index in [0.717, 1.165) is 0 Å². The molecule has 1 atom stereocenters. The molecule has 0 spiro atoms. The maximum atomic E-state index is 12.8. The first-order valence-electron chi connectivity index (χ1n) is 8.81. The molecule has 166 valence electrons. The molecule has 1 amide bonds. The molecular weight excluding hydrogens is 449 g/mol. The van der Waals surface area contributed by atoms with E-state index in [1.54, 1.807) is 6.07 Å². The Balaban J connectivity index is 2.36. The third-order valence-electron chi connectivity index (χ3n) is 4.09. The molecule has 0 heterocycles.